The first-order valence-corrected chi connectivity index (χ1v) is 6.26. The highest BCUT2D eigenvalue weighted by Gasteiger charge is 2.01. The monoisotopic (exact) mass is 251 g/mol. The Kier molecular flexibility index (Phi) is 4.14. The molecule has 0 aliphatic rings. The topological polar surface area (TPSA) is 29.1 Å². The molecule has 0 aromatic heterocycles. The molecule has 0 spiro atoms. The predicted molar refractivity (Wildman–Crippen MR) is 80.0 cm³/mol. The summed E-state index contributed by atoms with van der Waals surface area (Å²) in [6.07, 6.45) is 3.35. The minimum atomic E-state index is -0.115. The van der Waals surface area contributed by atoms with E-state index in [2.05, 4.69) is 11.4 Å². The molecule has 1 amide bonds. The van der Waals surface area contributed by atoms with E-state index in [0.717, 1.165) is 16.8 Å². The number of hydrogen-bond donors (Lipinski definition) is 1. The van der Waals surface area contributed by atoms with E-state index in [4.69, 9.17) is 0 Å². The van der Waals surface area contributed by atoms with Gasteiger partial charge in [-0.05, 0) is 37.1 Å². The molecule has 0 radical (unpaired) electrons. The van der Waals surface area contributed by atoms with Gasteiger partial charge in [0.15, 0.2) is 0 Å². The third-order valence-corrected chi connectivity index (χ3v) is 2.87. The number of carbonyl (C=O) groups is 1. The van der Waals surface area contributed by atoms with Gasteiger partial charge in [0.25, 0.3) is 0 Å². The van der Waals surface area contributed by atoms with E-state index in [-0.39, 0.29) is 5.91 Å². The van der Waals surface area contributed by atoms with Crippen LogP contribution < -0.4 is 5.32 Å². The standard InChI is InChI=1S/C17H17NO/c1-13-8-10-16(14(2)12-13)18-17(19)11-9-15-6-4-3-5-7-15/h3-12H,1-2H3,(H,18,19)/b11-9+. The number of hydrogen-bond acceptors (Lipinski definition) is 1. The highest BCUT2D eigenvalue weighted by Crippen LogP contribution is 2.16. The van der Waals surface area contributed by atoms with Gasteiger partial charge in [0, 0.05) is 11.8 Å². The maximum absolute atomic E-state index is 11.8. The van der Waals surface area contributed by atoms with E-state index < -0.39 is 0 Å². The molecule has 0 aliphatic heterocycles. The molecule has 2 nitrogen and oxygen atoms in total. The summed E-state index contributed by atoms with van der Waals surface area (Å²) in [5, 5.41) is 2.88. The lowest BCUT2D eigenvalue weighted by Gasteiger charge is -2.06. The van der Waals surface area contributed by atoms with Gasteiger partial charge in [0.2, 0.25) is 5.91 Å². The maximum Gasteiger partial charge on any atom is 0.248 e. The second kappa shape index (κ2) is 6.01. The molecular formula is C17H17NO. The van der Waals surface area contributed by atoms with Crippen LogP contribution >= 0.6 is 0 Å². The number of carbonyl (C=O) groups excluding carboxylic acids is 1. The van der Waals surface area contributed by atoms with Crippen molar-refractivity contribution in [1.82, 2.24) is 0 Å². The van der Waals surface area contributed by atoms with Gasteiger partial charge in [-0.25, -0.2) is 0 Å². The highest BCUT2D eigenvalue weighted by molar-refractivity contribution is 6.02. The highest BCUT2D eigenvalue weighted by atomic mass is 16.1. The Morgan fingerprint density at radius 2 is 1.79 bits per heavy atom. The molecule has 2 heteroatoms. The minimum Gasteiger partial charge on any atom is -0.322 e. The number of aryl methyl sites for hydroxylation is 2. The van der Waals surface area contributed by atoms with E-state index in [1.165, 1.54) is 5.56 Å². The van der Waals surface area contributed by atoms with Gasteiger partial charge in [-0.1, -0.05) is 48.0 Å². The minimum absolute atomic E-state index is 0.115. The van der Waals surface area contributed by atoms with Gasteiger partial charge in [0.05, 0.1) is 0 Å². The summed E-state index contributed by atoms with van der Waals surface area (Å²) < 4.78 is 0. The fourth-order valence-electron chi connectivity index (χ4n) is 1.86. The molecule has 0 atom stereocenters. The van der Waals surface area contributed by atoms with Crippen molar-refractivity contribution in [3.05, 3.63) is 71.3 Å². The zero-order valence-corrected chi connectivity index (χ0v) is 11.2. The van der Waals surface area contributed by atoms with Crippen molar-refractivity contribution in [2.45, 2.75) is 13.8 Å². The quantitative estimate of drug-likeness (QED) is 0.822. The predicted octanol–water partition coefficient (Wildman–Crippen LogP) is 3.96. The molecule has 0 fully saturated rings. The Hall–Kier alpha value is -2.35. The normalized spacial score (nSPS) is 10.6. The van der Waals surface area contributed by atoms with E-state index in [9.17, 15) is 4.79 Å². The summed E-state index contributed by atoms with van der Waals surface area (Å²) in [5.41, 5.74) is 4.13. The summed E-state index contributed by atoms with van der Waals surface area (Å²) >= 11 is 0. The number of rotatable bonds is 3. The Labute approximate surface area is 113 Å². The van der Waals surface area contributed by atoms with Gasteiger partial charge >= 0.3 is 0 Å². The average molecular weight is 251 g/mol. The summed E-state index contributed by atoms with van der Waals surface area (Å²) in [5.74, 6) is -0.115. The zero-order chi connectivity index (χ0) is 13.7. The molecule has 0 saturated heterocycles. The molecule has 19 heavy (non-hydrogen) atoms. The molecule has 0 saturated carbocycles. The lowest BCUT2D eigenvalue weighted by molar-refractivity contribution is -0.111. The van der Waals surface area contributed by atoms with Crippen LogP contribution in [0.4, 0.5) is 5.69 Å². The molecule has 2 aromatic carbocycles. The lowest BCUT2D eigenvalue weighted by Crippen LogP contribution is -2.08. The number of nitrogens with one attached hydrogen (secondary N) is 1. The lowest BCUT2D eigenvalue weighted by atomic mass is 10.1. The van der Waals surface area contributed by atoms with Gasteiger partial charge in [-0.15, -0.1) is 0 Å². The zero-order valence-electron chi connectivity index (χ0n) is 11.2. The summed E-state index contributed by atoms with van der Waals surface area (Å²) in [4.78, 5) is 11.8. The SMILES string of the molecule is Cc1ccc(NC(=O)/C=C/c2ccccc2)c(C)c1. The van der Waals surface area contributed by atoms with Crippen LogP contribution in [0.2, 0.25) is 0 Å². The molecule has 96 valence electrons. The van der Waals surface area contributed by atoms with Crippen LogP contribution in [0.25, 0.3) is 6.08 Å². The van der Waals surface area contributed by atoms with Crippen LogP contribution in [0.3, 0.4) is 0 Å². The second-order valence-corrected chi connectivity index (χ2v) is 4.55. The molecule has 2 rings (SSSR count). The van der Waals surface area contributed by atoms with Crippen LogP contribution in [0.1, 0.15) is 16.7 Å². The summed E-state index contributed by atoms with van der Waals surface area (Å²) in [6.45, 7) is 4.03. The van der Waals surface area contributed by atoms with Crippen molar-refractivity contribution in [1.29, 1.82) is 0 Å². The average Bonchev–Trinajstić information content (AvgIpc) is 2.41. The summed E-state index contributed by atoms with van der Waals surface area (Å²) in [7, 11) is 0. The number of anilines is 1. The fraction of sp³-hybridized carbons (Fsp3) is 0.118. The molecule has 0 heterocycles. The van der Waals surface area contributed by atoms with Gasteiger partial charge < -0.3 is 5.32 Å². The third kappa shape index (κ3) is 3.81. The smallest absolute Gasteiger partial charge is 0.248 e. The Bertz CT molecular complexity index is 600. The number of amides is 1. The van der Waals surface area contributed by atoms with Crippen molar-refractivity contribution in [3.63, 3.8) is 0 Å². The van der Waals surface area contributed by atoms with E-state index in [1.54, 1.807) is 12.2 Å². The van der Waals surface area contributed by atoms with E-state index >= 15 is 0 Å². The van der Waals surface area contributed by atoms with Crippen molar-refractivity contribution in [2.24, 2.45) is 0 Å². The van der Waals surface area contributed by atoms with Crippen molar-refractivity contribution >= 4 is 17.7 Å². The van der Waals surface area contributed by atoms with Crippen LogP contribution in [0.15, 0.2) is 54.6 Å². The Balaban J connectivity index is 2.04. The fourth-order valence-corrected chi connectivity index (χ4v) is 1.86. The van der Waals surface area contributed by atoms with E-state index in [0.29, 0.717) is 0 Å². The van der Waals surface area contributed by atoms with Crippen LogP contribution in [0, 0.1) is 13.8 Å². The molecule has 2 aromatic rings. The van der Waals surface area contributed by atoms with Gasteiger partial charge in [-0.2, -0.15) is 0 Å². The third-order valence-electron chi connectivity index (χ3n) is 2.87. The molecule has 0 bridgehead atoms. The first kappa shape index (κ1) is 13.1. The van der Waals surface area contributed by atoms with E-state index in [1.807, 2.05) is 56.3 Å². The van der Waals surface area contributed by atoms with Crippen LogP contribution in [0.5, 0.6) is 0 Å². The van der Waals surface area contributed by atoms with Gasteiger partial charge in [-0.3, -0.25) is 4.79 Å². The Morgan fingerprint density at radius 3 is 2.47 bits per heavy atom. The maximum atomic E-state index is 11.8. The molecule has 0 aliphatic carbocycles. The second-order valence-electron chi connectivity index (χ2n) is 4.55. The molecular weight excluding hydrogens is 234 g/mol. The molecule has 0 unspecified atom stereocenters. The number of benzene rings is 2. The largest absolute Gasteiger partial charge is 0.322 e. The first-order valence-electron chi connectivity index (χ1n) is 6.26. The van der Waals surface area contributed by atoms with Crippen LogP contribution in [-0.2, 0) is 4.79 Å². The van der Waals surface area contributed by atoms with Crippen molar-refractivity contribution in [2.75, 3.05) is 5.32 Å². The first-order chi connectivity index (χ1) is 9.15. The van der Waals surface area contributed by atoms with Crippen molar-refractivity contribution < 1.29 is 4.79 Å². The molecule has 1 N–H and O–H groups in total. The Morgan fingerprint density at radius 1 is 1.05 bits per heavy atom. The van der Waals surface area contributed by atoms with Crippen molar-refractivity contribution in [3.8, 4) is 0 Å². The van der Waals surface area contributed by atoms with Gasteiger partial charge in [0.1, 0.15) is 0 Å². The summed E-state index contributed by atoms with van der Waals surface area (Å²) in [6, 6.07) is 15.7. The van der Waals surface area contributed by atoms with Crippen LogP contribution in [-0.4, -0.2) is 5.91 Å².